The number of hydrogen-bond acceptors (Lipinski definition) is 6. The lowest BCUT2D eigenvalue weighted by atomic mass is 9.92. The summed E-state index contributed by atoms with van der Waals surface area (Å²) in [5.74, 6) is -2.97. The second kappa shape index (κ2) is 11.0. The minimum atomic E-state index is -1.25. The van der Waals surface area contributed by atoms with Crippen molar-refractivity contribution in [2.45, 2.75) is 44.4 Å². The topological polar surface area (TPSA) is 159 Å². The van der Waals surface area contributed by atoms with Gasteiger partial charge in [-0.1, -0.05) is 35.9 Å². The normalized spacial score (nSPS) is 16.4. The Hall–Kier alpha value is -3.92. The lowest BCUT2D eigenvalue weighted by Gasteiger charge is -2.37. The summed E-state index contributed by atoms with van der Waals surface area (Å²) in [7, 11) is 0. The van der Waals surface area contributed by atoms with Crippen LogP contribution in [0.4, 0.5) is 5.69 Å². The number of hydrogen-bond donors (Lipinski definition) is 4. The molecule has 3 rings (SSSR count). The highest BCUT2D eigenvalue weighted by Gasteiger charge is 2.37. The van der Waals surface area contributed by atoms with Crippen molar-refractivity contribution in [1.82, 2.24) is 15.5 Å². The highest BCUT2D eigenvalue weighted by Crippen LogP contribution is 2.25. The van der Waals surface area contributed by atoms with E-state index >= 15 is 0 Å². The van der Waals surface area contributed by atoms with Crippen LogP contribution in [0.25, 0.3) is 0 Å². The zero-order valence-electron chi connectivity index (χ0n) is 18.9. The van der Waals surface area contributed by atoms with Crippen LogP contribution in [0.1, 0.15) is 34.8 Å². The molecule has 0 bridgehead atoms. The largest absolute Gasteiger partial charge is 0.481 e. The van der Waals surface area contributed by atoms with Gasteiger partial charge in [-0.3, -0.25) is 19.2 Å². The van der Waals surface area contributed by atoms with Crippen molar-refractivity contribution in [1.29, 1.82) is 0 Å². The number of carboxylic acids is 1. The Morgan fingerprint density at radius 1 is 1.17 bits per heavy atom. The van der Waals surface area contributed by atoms with Gasteiger partial charge < -0.3 is 31.2 Å². The van der Waals surface area contributed by atoms with E-state index in [2.05, 4.69) is 10.6 Å². The summed E-state index contributed by atoms with van der Waals surface area (Å²) in [4.78, 5) is 62.6. The van der Waals surface area contributed by atoms with Gasteiger partial charge in [-0.15, -0.1) is 0 Å². The van der Waals surface area contributed by atoms with Gasteiger partial charge in [0, 0.05) is 18.5 Å². The fraction of sp³-hybridized carbons (Fsp3) is 0.292. The molecular weight excluding hydrogens is 476 g/mol. The Kier molecular flexibility index (Phi) is 8.08. The van der Waals surface area contributed by atoms with E-state index < -0.39 is 48.2 Å². The molecule has 0 fully saturated rings. The molecule has 0 saturated carbocycles. The van der Waals surface area contributed by atoms with E-state index in [9.17, 15) is 24.0 Å². The number of amides is 3. The average Bonchev–Trinajstić information content (AvgIpc) is 2.83. The van der Waals surface area contributed by atoms with E-state index in [4.69, 9.17) is 22.4 Å². The quantitative estimate of drug-likeness (QED) is 0.312. The first-order chi connectivity index (χ1) is 16.6. The third-order valence-corrected chi connectivity index (χ3v) is 6.03. The number of rotatable bonds is 8. The number of nitrogen functional groups attached to an aromatic ring is 1. The molecule has 0 spiro atoms. The van der Waals surface area contributed by atoms with Crippen LogP contribution in [-0.2, 0) is 32.1 Å². The van der Waals surface area contributed by atoms with Crippen LogP contribution in [0.15, 0.2) is 42.5 Å². The number of nitrogens with zero attached hydrogens (tertiary/aromatic N) is 1. The molecule has 0 unspecified atom stereocenters. The van der Waals surface area contributed by atoms with E-state index in [1.807, 2.05) is 24.3 Å². The third-order valence-electron chi connectivity index (χ3n) is 5.70. The number of nitrogens with one attached hydrogen (secondary N) is 2. The highest BCUT2D eigenvalue weighted by molar-refractivity contribution is 6.33. The van der Waals surface area contributed by atoms with Gasteiger partial charge in [-0.25, -0.2) is 0 Å². The first-order valence-corrected chi connectivity index (χ1v) is 11.2. The van der Waals surface area contributed by atoms with Crippen LogP contribution in [0.2, 0.25) is 5.02 Å². The second-order valence-corrected chi connectivity index (χ2v) is 8.64. The summed E-state index contributed by atoms with van der Waals surface area (Å²) >= 11 is 5.98. The zero-order valence-corrected chi connectivity index (χ0v) is 19.6. The Morgan fingerprint density at radius 2 is 1.86 bits per heavy atom. The third kappa shape index (κ3) is 6.15. The van der Waals surface area contributed by atoms with E-state index in [-0.39, 0.29) is 23.6 Å². The van der Waals surface area contributed by atoms with Crippen molar-refractivity contribution in [2.75, 3.05) is 5.73 Å². The van der Waals surface area contributed by atoms with Crippen molar-refractivity contribution >= 4 is 47.3 Å². The van der Waals surface area contributed by atoms with Gasteiger partial charge in [0.15, 0.2) is 0 Å². The molecule has 10 nitrogen and oxygen atoms in total. The SMILES string of the molecule is C[C@H](NC(=O)c1ccc(N)c(Cl)c1)C(=O)N1Cc2ccccc2C[C@H]1C(=O)N[C@H](C=O)CC(=O)O. The number of aliphatic carboxylic acids is 1. The van der Waals surface area contributed by atoms with Gasteiger partial charge in [0.25, 0.3) is 5.91 Å². The van der Waals surface area contributed by atoms with Crippen molar-refractivity contribution < 1.29 is 29.1 Å². The lowest BCUT2D eigenvalue weighted by molar-refractivity contribution is -0.144. The number of carboxylic acid groups (broad SMARTS) is 1. The summed E-state index contributed by atoms with van der Waals surface area (Å²) in [5.41, 5.74) is 7.89. The van der Waals surface area contributed by atoms with Gasteiger partial charge in [0.1, 0.15) is 18.4 Å². The van der Waals surface area contributed by atoms with Gasteiger partial charge in [-0.05, 0) is 36.2 Å². The monoisotopic (exact) mass is 500 g/mol. The molecule has 11 heteroatoms. The summed E-state index contributed by atoms with van der Waals surface area (Å²) in [6, 6.07) is 8.40. The van der Waals surface area contributed by atoms with Crippen LogP contribution < -0.4 is 16.4 Å². The van der Waals surface area contributed by atoms with Crippen molar-refractivity contribution in [3.05, 3.63) is 64.2 Å². The fourth-order valence-corrected chi connectivity index (χ4v) is 4.03. The molecule has 1 aliphatic heterocycles. The fourth-order valence-electron chi connectivity index (χ4n) is 3.85. The Balaban J connectivity index is 1.81. The second-order valence-electron chi connectivity index (χ2n) is 8.24. The van der Waals surface area contributed by atoms with Gasteiger partial charge in [-0.2, -0.15) is 0 Å². The molecule has 3 atom stereocenters. The average molecular weight is 501 g/mol. The molecule has 1 aliphatic rings. The number of carbonyl (C=O) groups excluding carboxylic acids is 4. The Morgan fingerprint density at radius 3 is 2.49 bits per heavy atom. The van der Waals surface area contributed by atoms with Crippen LogP contribution >= 0.6 is 11.6 Å². The van der Waals surface area contributed by atoms with Gasteiger partial charge in [0.05, 0.1) is 23.2 Å². The van der Waals surface area contributed by atoms with Crippen molar-refractivity contribution in [3.8, 4) is 0 Å². The van der Waals surface area contributed by atoms with Crippen molar-refractivity contribution in [2.24, 2.45) is 0 Å². The van der Waals surface area contributed by atoms with Crippen molar-refractivity contribution in [3.63, 3.8) is 0 Å². The number of benzene rings is 2. The van der Waals surface area contributed by atoms with E-state index in [1.54, 1.807) is 0 Å². The number of aldehydes is 1. The number of halogens is 1. The number of carbonyl (C=O) groups is 5. The van der Waals surface area contributed by atoms with E-state index in [1.165, 1.54) is 30.0 Å². The first kappa shape index (κ1) is 25.7. The van der Waals surface area contributed by atoms with Crippen LogP contribution in [0, 0.1) is 0 Å². The van der Waals surface area contributed by atoms with Crippen LogP contribution in [-0.4, -0.2) is 58.1 Å². The smallest absolute Gasteiger partial charge is 0.305 e. The minimum Gasteiger partial charge on any atom is -0.481 e. The standard InChI is InChI=1S/C24H25ClN4O6/c1-13(27-22(33)15-6-7-19(26)18(25)8-15)24(35)29-11-16-5-3-2-4-14(16)9-20(29)23(34)28-17(12-30)10-21(31)32/h2-8,12-13,17,20H,9-11,26H2,1H3,(H,27,33)(H,28,34)(H,31,32)/t13-,17-,20-/m0/s1. The Labute approximate surface area is 206 Å². The molecule has 0 saturated heterocycles. The molecule has 0 aliphatic carbocycles. The maximum atomic E-state index is 13.4. The number of anilines is 1. The molecule has 0 radical (unpaired) electrons. The molecule has 35 heavy (non-hydrogen) atoms. The van der Waals surface area contributed by atoms with E-state index in [0.717, 1.165) is 11.1 Å². The number of nitrogens with two attached hydrogens (primary N) is 1. The maximum Gasteiger partial charge on any atom is 0.305 e. The zero-order chi connectivity index (χ0) is 25.7. The Bertz CT molecular complexity index is 1170. The molecule has 0 aromatic heterocycles. The molecular formula is C24H25ClN4O6. The molecule has 184 valence electrons. The summed E-state index contributed by atoms with van der Waals surface area (Å²) < 4.78 is 0. The summed E-state index contributed by atoms with van der Waals surface area (Å²) in [6.07, 6.45) is -0.0702. The van der Waals surface area contributed by atoms with Crippen LogP contribution in [0.3, 0.4) is 0 Å². The molecule has 5 N–H and O–H groups in total. The molecule has 2 aromatic rings. The minimum absolute atomic E-state index is 0.103. The maximum absolute atomic E-state index is 13.4. The first-order valence-electron chi connectivity index (χ1n) is 10.8. The predicted molar refractivity (Wildman–Crippen MR) is 128 cm³/mol. The predicted octanol–water partition coefficient (Wildman–Crippen LogP) is 1.15. The molecule has 1 heterocycles. The number of fused-ring (bicyclic) bond motifs is 1. The summed E-state index contributed by atoms with van der Waals surface area (Å²) in [6.45, 7) is 1.60. The molecule has 3 amide bonds. The molecule has 2 aromatic carbocycles. The lowest BCUT2D eigenvalue weighted by Crippen LogP contribution is -2.58. The highest BCUT2D eigenvalue weighted by atomic mass is 35.5. The van der Waals surface area contributed by atoms with Crippen LogP contribution in [0.5, 0.6) is 0 Å². The van der Waals surface area contributed by atoms with Gasteiger partial charge in [0.2, 0.25) is 11.8 Å². The summed E-state index contributed by atoms with van der Waals surface area (Å²) in [5, 5.41) is 14.2. The van der Waals surface area contributed by atoms with Gasteiger partial charge >= 0.3 is 5.97 Å². The van der Waals surface area contributed by atoms with E-state index in [0.29, 0.717) is 12.0 Å².